The zero-order chi connectivity index (χ0) is 9.42. The minimum atomic E-state index is -1.02. The van der Waals surface area contributed by atoms with Crippen LogP contribution >= 0.6 is 0 Å². The third-order valence-corrected chi connectivity index (χ3v) is 2.58. The molecule has 0 spiro atoms. The van der Waals surface area contributed by atoms with Crippen LogP contribution in [-0.2, 0) is 14.2 Å². The highest BCUT2D eigenvalue weighted by atomic mass is 16.7. The topological polar surface area (TPSA) is 68.2 Å². The number of ether oxygens (including phenoxy) is 3. The lowest BCUT2D eigenvalue weighted by Gasteiger charge is -2.26. The monoisotopic (exact) mass is 190 g/mol. The van der Waals surface area contributed by atoms with E-state index in [1.165, 1.54) is 7.11 Å². The molecule has 0 aliphatic carbocycles. The summed E-state index contributed by atoms with van der Waals surface area (Å²) in [6.07, 6.45) is -2.51. The molecular weight excluding hydrogens is 176 g/mol. The van der Waals surface area contributed by atoms with E-state index in [2.05, 4.69) is 0 Å². The van der Waals surface area contributed by atoms with Crippen molar-refractivity contribution in [2.24, 2.45) is 0 Å². The summed E-state index contributed by atoms with van der Waals surface area (Å²) in [5.74, 6) is 0. The van der Waals surface area contributed by atoms with E-state index in [0.717, 1.165) is 0 Å². The molecule has 2 heterocycles. The molecule has 0 saturated carbocycles. The van der Waals surface area contributed by atoms with Gasteiger partial charge in [-0.05, 0) is 0 Å². The predicted molar refractivity (Wildman–Crippen MR) is 42.0 cm³/mol. The van der Waals surface area contributed by atoms with Gasteiger partial charge in [-0.2, -0.15) is 0 Å². The van der Waals surface area contributed by atoms with Gasteiger partial charge in [-0.15, -0.1) is 0 Å². The van der Waals surface area contributed by atoms with Crippen molar-refractivity contribution in [2.45, 2.75) is 37.1 Å². The van der Waals surface area contributed by atoms with Gasteiger partial charge in [0.1, 0.15) is 12.2 Å². The Kier molecular flexibility index (Phi) is 2.53. The van der Waals surface area contributed by atoms with Crippen LogP contribution in [0, 0.1) is 0 Å². The van der Waals surface area contributed by atoms with Crippen molar-refractivity contribution in [3.63, 3.8) is 0 Å². The van der Waals surface area contributed by atoms with Gasteiger partial charge in [0.25, 0.3) is 0 Å². The summed E-state index contributed by atoms with van der Waals surface area (Å²) in [5.41, 5.74) is 0. The van der Waals surface area contributed by atoms with Crippen molar-refractivity contribution in [3.8, 4) is 0 Å². The van der Waals surface area contributed by atoms with Gasteiger partial charge in [0.15, 0.2) is 6.29 Å². The lowest BCUT2D eigenvalue weighted by molar-refractivity contribution is -0.166. The average molecular weight is 190 g/mol. The molecular formula is C8H14O5. The van der Waals surface area contributed by atoms with Crippen molar-refractivity contribution < 1.29 is 24.4 Å². The molecule has 13 heavy (non-hydrogen) atoms. The zero-order valence-electron chi connectivity index (χ0n) is 7.42. The lowest BCUT2D eigenvalue weighted by Crippen LogP contribution is -2.44. The van der Waals surface area contributed by atoms with Crippen molar-refractivity contribution in [2.75, 3.05) is 13.7 Å². The number of aliphatic hydroxyl groups is 2. The molecule has 2 aliphatic heterocycles. The van der Waals surface area contributed by atoms with Gasteiger partial charge in [-0.1, -0.05) is 0 Å². The summed E-state index contributed by atoms with van der Waals surface area (Å²) >= 11 is 0. The van der Waals surface area contributed by atoms with Crippen LogP contribution in [0.1, 0.15) is 6.42 Å². The lowest BCUT2D eigenvalue weighted by atomic mass is 10.0. The smallest absolute Gasteiger partial charge is 0.186 e. The molecule has 0 radical (unpaired) electrons. The van der Waals surface area contributed by atoms with E-state index in [9.17, 15) is 10.2 Å². The van der Waals surface area contributed by atoms with Crippen LogP contribution in [0.2, 0.25) is 0 Å². The number of hydrogen-bond acceptors (Lipinski definition) is 5. The van der Waals surface area contributed by atoms with Crippen LogP contribution in [0.15, 0.2) is 0 Å². The van der Waals surface area contributed by atoms with Gasteiger partial charge in [-0.25, -0.2) is 0 Å². The molecule has 2 aliphatic rings. The summed E-state index contributed by atoms with van der Waals surface area (Å²) in [6, 6.07) is 0. The van der Waals surface area contributed by atoms with Gasteiger partial charge in [-0.3, -0.25) is 0 Å². The molecule has 76 valence electrons. The summed E-state index contributed by atoms with van der Waals surface area (Å²) in [6.45, 7) is 0.467. The fraction of sp³-hybridized carbons (Fsp3) is 1.00. The third-order valence-electron chi connectivity index (χ3n) is 2.58. The molecule has 0 aromatic rings. The molecule has 2 N–H and O–H groups in total. The molecule has 5 nitrogen and oxygen atoms in total. The summed E-state index contributed by atoms with van der Waals surface area (Å²) in [7, 11) is 1.51. The van der Waals surface area contributed by atoms with Crippen molar-refractivity contribution in [3.05, 3.63) is 0 Å². The van der Waals surface area contributed by atoms with Gasteiger partial charge >= 0.3 is 0 Å². The standard InChI is InChI=1S/C8H14O5/c1-11-5-2-4-3-12-8(13-4)7(10)6(5)9/h4-10H,2-3H2,1H3/t4-,5+,6-,7-,8+/m0/s1. The van der Waals surface area contributed by atoms with Crippen LogP contribution in [-0.4, -0.2) is 54.6 Å². The van der Waals surface area contributed by atoms with E-state index in [4.69, 9.17) is 14.2 Å². The zero-order valence-corrected chi connectivity index (χ0v) is 7.42. The Bertz CT molecular complexity index is 181. The van der Waals surface area contributed by atoms with Crippen LogP contribution in [0.5, 0.6) is 0 Å². The minimum absolute atomic E-state index is 0.0678. The molecule has 2 bridgehead atoms. The third kappa shape index (κ3) is 1.58. The Labute approximate surface area is 76.2 Å². The largest absolute Gasteiger partial charge is 0.387 e. The first kappa shape index (κ1) is 9.36. The SMILES string of the molecule is CO[C@@H]1C[C@H]2CO[C@H](O2)[C@@H](O)[C@H]1O. The van der Waals surface area contributed by atoms with Crippen molar-refractivity contribution in [1.29, 1.82) is 0 Å². The second-order valence-corrected chi connectivity index (χ2v) is 3.45. The summed E-state index contributed by atoms with van der Waals surface area (Å²) in [4.78, 5) is 0. The minimum Gasteiger partial charge on any atom is -0.387 e. The Morgan fingerprint density at radius 3 is 2.77 bits per heavy atom. The molecule has 0 aromatic heterocycles. The van der Waals surface area contributed by atoms with Crippen molar-refractivity contribution >= 4 is 0 Å². The maximum absolute atomic E-state index is 9.60. The van der Waals surface area contributed by atoms with Crippen molar-refractivity contribution in [1.82, 2.24) is 0 Å². The second-order valence-electron chi connectivity index (χ2n) is 3.45. The van der Waals surface area contributed by atoms with Crippen LogP contribution in [0.4, 0.5) is 0 Å². The number of aliphatic hydroxyl groups excluding tert-OH is 2. The number of methoxy groups -OCH3 is 1. The predicted octanol–water partition coefficient (Wildman–Crippen LogP) is -1.13. The molecule has 2 saturated heterocycles. The van der Waals surface area contributed by atoms with E-state index in [1.54, 1.807) is 0 Å². The highest BCUT2D eigenvalue weighted by molar-refractivity contribution is 4.88. The van der Waals surface area contributed by atoms with E-state index < -0.39 is 18.5 Å². The molecule has 0 unspecified atom stereocenters. The van der Waals surface area contributed by atoms with Gasteiger partial charge in [0.05, 0.1) is 18.8 Å². The molecule has 5 atom stereocenters. The van der Waals surface area contributed by atoms with Crippen LogP contribution < -0.4 is 0 Å². The molecule has 5 heteroatoms. The van der Waals surface area contributed by atoms with Crippen LogP contribution in [0.3, 0.4) is 0 Å². The first-order valence-corrected chi connectivity index (χ1v) is 4.38. The molecule has 0 aromatic carbocycles. The first-order chi connectivity index (χ1) is 6.22. The van der Waals surface area contributed by atoms with Gasteiger partial charge in [0.2, 0.25) is 0 Å². The normalized spacial score (nSPS) is 50.5. The first-order valence-electron chi connectivity index (χ1n) is 4.38. The molecule has 2 rings (SSSR count). The summed E-state index contributed by atoms with van der Waals surface area (Å²) < 4.78 is 15.5. The maximum atomic E-state index is 9.60. The van der Waals surface area contributed by atoms with Crippen LogP contribution in [0.25, 0.3) is 0 Å². The highest BCUT2D eigenvalue weighted by Crippen LogP contribution is 2.27. The number of fused-ring (bicyclic) bond motifs is 2. The number of rotatable bonds is 1. The van der Waals surface area contributed by atoms with Gasteiger partial charge < -0.3 is 24.4 Å². The second kappa shape index (κ2) is 3.51. The fourth-order valence-corrected chi connectivity index (χ4v) is 1.79. The number of hydrogen-bond donors (Lipinski definition) is 2. The maximum Gasteiger partial charge on any atom is 0.186 e. The Balaban J connectivity index is 2.11. The van der Waals surface area contributed by atoms with Gasteiger partial charge in [0, 0.05) is 13.5 Å². The summed E-state index contributed by atoms with van der Waals surface area (Å²) in [5, 5.41) is 19.2. The van der Waals surface area contributed by atoms with E-state index in [0.29, 0.717) is 13.0 Å². The Morgan fingerprint density at radius 1 is 1.31 bits per heavy atom. The Morgan fingerprint density at radius 2 is 2.08 bits per heavy atom. The molecule has 2 fully saturated rings. The average Bonchev–Trinajstić information content (AvgIpc) is 2.55. The van der Waals surface area contributed by atoms with E-state index >= 15 is 0 Å². The fourth-order valence-electron chi connectivity index (χ4n) is 1.79. The quantitative estimate of drug-likeness (QED) is 0.547. The van der Waals surface area contributed by atoms with E-state index in [-0.39, 0.29) is 12.2 Å². The molecule has 0 amide bonds. The highest BCUT2D eigenvalue weighted by Gasteiger charge is 2.44. The Hall–Kier alpha value is -0.200. The van der Waals surface area contributed by atoms with E-state index in [1.807, 2.05) is 0 Å².